The molecule has 4 nitrogen and oxygen atoms in total. The number of anilines is 1. The summed E-state index contributed by atoms with van der Waals surface area (Å²) in [5.41, 5.74) is 3.01. The number of thiazole rings is 1. The molecule has 0 aliphatic rings. The Hall–Kier alpha value is -2.08. The predicted molar refractivity (Wildman–Crippen MR) is 107 cm³/mol. The van der Waals surface area contributed by atoms with Crippen molar-refractivity contribution in [2.24, 2.45) is 0 Å². The Morgan fingerprint density at radius 1 is 1.19 bits per heavy atom. The summed E-state index contributed by atoms with van der Waals surface area (Å²) in [7, 11) is 0. The molecule has 7 heteroatoms. The van der Waals surface area contributed by atoms with Crippen molar-refractivity contribution >= 4 is 45.6 Å². The molecule has 3 aromatic rings. The van der Waals surface area contributed by atoms with Gasteiger partial charge in [-0.1, -0.05) is 53.0 Å². The Kier molecular flexibility index (Phi) is 5.81. The first-order chi connectivity index (χ1) is 12.4. The van der Waals surface area contributed by atoms with E-state index in [1.807, 2.05) is 36.6 Å². The number of nitrogens with zero attached hydrogens (tertiary/aromatic N) is 1. The van der Waals surface area contributed by atoms with Gasteiger partial charge in [0.2, 0.25) is 0 Å². The molecule has 1 atom stereocenters. The number of benzene rings is 2. The second-order valence-electron chi connectivity index (χ2n) is 5.73. The Labute approximate surface area is 165 Å². The van der Waals surface area contributed by atoms with E-state index in [0.29, 0.717) is 20.9 Å². The van der Waals surface area contributed by atoms with Crippen LogP contribution in [0.3, 0.4) is 0 Å². The molecule has 26 heavy (non-hydrogen) atoms. The molecule has 0 aliphatic carbocycles. The van der Waals surface area contributed by atoms with Gasteiger partial charge < -0.3 is 4.74 Å². The highest BCUT2D eigenvalue weighted by atomic mass is 35.5. The minimum Gasteiger partial charge on any atom is -0.479 e. The smallest absolute Gasteiger partial charge is 0.266 e. The molecule has 1 amide bonds. The average molecular weight is 407 g/mol. The maximum absolute atomic E-state index is 12.3. The number of amides is 1. The second-order valence-corrected chi connectivity index (χ2v) is 7.43. The fourth-order valence-electron chi connectivity index (χ4n) is 2.21. The van der Waals surface area contributed by atoms with Crippen LogP contribution in [0.2, 0.25) is 10.0 Å². The second kappa shape index (κ2) is 8.08. The zero-order valence-corrected chi connectivity index (χ0v) is 16.5. The van der Waals surface area contributed by atoms with Crippen LogP contribution in [0.4, 0.5) is 5.13 Å². The monoisotopic (exact) mass is 406 g/mol. The molecule has 0 radical (unpaired) electrons. The third-order valence-corrected chi connectivity index (χ3v) is 4.94. The van der Waals surface area contributed by atoms with Gasteiger partial charge in [-0.15, -0.1) is 11.3 Å². The zero-order chi connectivity index (χ0) is 18.7. The molecular formula is C19H16Cl2N2O2S. The summed E-state index contributed by atoms with van der Waals surface area (Å²) < 4.78 is 5.61. The van der Waals surface area contributed by atoms with Crippen LogP contribution in [0.1, 0.15) is 12.5 Å². The summed E-state index contributed by atoms with van der Waals surface area (Å²) in [5.74, 6) is 0.0963. The van der Waals surface area contributed by atoms with Crippen molar-refractivity contribution in [3.8, 4) is 17.0 Å². The lowest BCUT2D eigenvalue weighted by atomic mass is 10.1. The van der Waals surface area contributed by atoms with Crippen LogP contribution in [0.15, 0.2) is 47.8 Å². The normalized spacial score (nSPS) is 11.8. The molecule has 2 aromatic carbocycles. The Morgan fingerprint density at radius 3 is 2.62 bits per heavy atom. The van der Waals surface area contributed by atoms with Gasteiger partial charge in [0.1, 0.15) is 5.75 Å². The van der Waals surface area contributed by atoms with Crippen LogP contribution in [0, 0.1) is 6.92 Å². The highest BCUT2D eigenvalue weighted by molar-refractivity contribution is 7.14. The first-order valence-corrected chi connectivity index (χ1v) is 9.51. The number of aromatic nitrogens is 1. The van der Waals surface area contributed by atoms with E-state index in [0.717, 1.165) is 11.3 Å². The first kappa shape index (κ1) is 18.7. The minimum atomic E-state index is -0.736. The van der Waals surface area contributed by atoms with E-state index < -0.39 is 6.10 Å². The van der Waals surface area contributed by atoms with Crippen molar-refractivity contribution in [2.45, 2.75) is 20.0 Å². The lowest BCUT2D eigenvalue weighted by Gasteiger charge is -2.14. The molecule has 1 aromatic heterocycles. The van der Waals surface area contributed by atoms with Gasteiger partial charge in [-0.05, 0) is 32.0 Å². The van der Waals surface area contributed by atoms with E-state index in [2.05, 4.69) is 10.3 Å². The van der Waals surface area contributed by atoms with Gasteiger partial charge in [-0.25, -0.2) is 4.98 Å². The number of carbonyl (C=O) groups is 1. The number of aryl methyl sites for hydroxylation is 1. The number of hydrogen-bond acceptors (Lipinski definition) is 4. The van der Waals surface area contributed by atoms with Gasteiger partial charge >= 0.3 is 0 Å². The number of hydrogen-bond donors (Lipinski definition) is 1. The number of nitrogens with one attached hydrogen (secondary N) is 1. The van der Waals surface area contributed by atoms with Crippen LogP contribution >= 0.6 is 34.5 Å². The van der Waals surface area contributed by atoms with Crippen molar-refractivity contribution in [1.82, 2.24) is 4.98 Å². The Bertz CT molecular complexity index is 926. The van der Waals surface area contributed by atoms with E-state index in [-0.39, 0.29) is 5.91 Å². The first-order valence-electron chi connectivity index (χ1n) is 7.87. The fourth-order valence-corrected chi connectivity index (χ4v) is 3.39. The molecule has 0 spiro atoms. The van der Waals surface area contributed by atoms with E-state index in [1.54, 1.807) is 25.1 Å². The number of ether oxygens (including phenoxy) is 1. The van der Waals surface area contributed by atoms with Crippen molar-refractivity contribution in [3.63, 3.8) is 0 Å². The van der Waals surface area contributed by atoms with Gasteiger partial charge in [-0.2, -0.15) is 0 Å². The van der Waals surface area contributed by atoms with Crippen molar-refractivity contribution in [3.05, 3.63) is 63.5 Å². The van der Waals surface area contributed by atoms with Gasteiger partial charge in [0, 0.05) is 16.0 Å². The summed E-state index contributed by atoms with van der Waals surface area (Å²) in [5, 5.41) is 6.05. The SMILES string of the molecule is Cc1ccc(-c2csc(NC(=O)[C@@H](C)Oc3ccc(Cl)cc3Cl)n2)cc1. The van der Waals surface area contributed by atoms with Crippen molar-refractivity contribution < 1.29 is 9.53 Å². The van der Waals surface area contributed by atoms with Gasteiger partial charge in [0.15, 0.2) is 11.2 Å². The fraction of sp³-hybridized carbons (Fsp3) is 0.158. The highest BCUT2D eigenvalue weighted by Gasteiger charge is 2.18. The summed E-state index contributed by atoms with van der Waals surface area (Å²) in [6.07, 6.45) is -0.736. The van der Waals surface area contributed by atoms with E-state index >= 15 is 0 Å². The van der Waals surface area contributed by atoms with Crippen molar-refractivity contribution in [1.29, 1.82) is 0 Å². The molecule has 0 aliphatic heterocycles. The van der Waals surface area contributed by atoms with Crippen LogP contribution in [-0.4, -0.2) is 17.0 Å². The van der Waals surface area contributed by atoms with Gasteiger partial charge in [-0.3, -0.25) is 10.1 Å². The molecule has 3 rings (SSSR count). The molecule has 0 fully saturated rings. The van der Waals surface area contributed by atoms with E-state index in [1.165, 1.54) is 16.9 Å². The maximum atomic E-state index is 12.3. The van der Waals surface area contributed by atoms with Crippen LogP contribution in [0.25, 0.3) is 11.3 Å². The molecule has 1 N–H and O–H groups in total. The predicted octanol–water partition coefficient (Wildman–Crippen LogP) is 5.83. The molecular weight excluding hydrogens is 391 g/mol. The Morgan fingerprint density at radius 2 is 1.92 bits per heavy atom. The lowest BCUT2D eigenvalue weighted by molar-refractivity contribution is -0.122. The quantitative estimate of drug-likeness (QED) is 0.579. The molecule has 134 valence electrons. The maximum Gasteiger partial charge on any atom is 0.266 e. The van der Waals surface area contributed by atoms with Crippen LogP contribution in [-0.2, 0) is 4.79 Å². The molecule has 0 saturated heterocycles. The highest BCUT2D eigenvalue weighted by Crippen LogP contribution is 2.29. The average Bonchev–Trinajstić information content (AvgIpc) is 3.06. The largest absolute Gasteiger partial charge is 0.479 e. The third-order valence-electron chi connectivity index (χ3n) is 3.65. The molecule has 0 unspecified atom stereocenters. The van der Waals surface area contributed by atoms with E-state index in [9.17, 15) is 4.79 Å². The molecule has 0 saturated carbocycles. The summed E-state index contributed by atoms with van der Waals surface area (Å²) in [6, 6.07) is 12.9. The minimum absolute atomic E-state index is 0.305. The number of carbonyl (C=O) groups excluding carboxylic acids is 1. The summed E-state index contributed by atoms with van der Waals surface area (Å²) in [4.78, 5) is 16.8. The summed E-state index contributed by atoms with van der Waals surface area (Å²) >= 11 is 13.3. The third kappa shape index (κ3) is 4.55. The van der Waals surface area contributed by atoms with Crippen LogP contribution in [0.5, 0.6) is 5.75 Å². The number of halogens is 2. The van der Waals surface area contributed by atoms with Gasteiger partial charge in [0.25, 0.3) is 5.91 Å². The Balaban J connectivity index is 1.65. The molecule has 0 bridgehead atoms. The zero-order valence-electron chi connectivity index (χ0n) is 14.1. The van der Waals surface area contributed by atoms with E-state index in [4.69, 9.17) is 27.9 Å². The van der Waals surface area contributed by atoms with Crippen LogP contribution < -0.4 is 10.1 Å². The molecule has 1 heterocycles. The standard InChI is InChI=1S/C19H16Cl2N2O2S/c1-11-3-5-13(6-4-11)16-10-26-19(22-16)23-18(24)12(2)25-17-8-7-14(20)9-15(17)21/h3-10,12H,1-2H3,(H,22,23,24)/t12-/m1/s1. The van der Waals surface area contributed by atoms with Crippen molar-refractivity contribution in [2.75, 3.05) is 5.32 Å². The topological polar surface area (TPSA) is 51.2 Å². The van der Waals surface area contributed by atoms with Gasteiger partial charge in [0.05, 0.1) is 10.7 Å². The summed E-state index contributed by atoms with van der Waals surface area (Å²) in [6.45, 7) is 3.68. The lowest BCUT2D eigenvalue weighted by Crippen LogP contribution is -2.30. The number of rotatable bonds is 5.